The summed E-state index contributed by atoms with van der Waals surface area (Å²) in [6, 6.07) is 3.40. The van der Waals surface area contributed by atoms with E-state index in [1.54, 1.807) is 12.1 Å². The van der Waals surface area contributed by atoms with Crippen molar-refractivity contribution in [1.29, 1.82) is 0 Å². The predicted octanol–water partition coefficient (Wildman–Crippen LogP) is 2.75. The fourth-order valence-corrected chi connectivity index (χ4v) is 3.17. The van der Waals surface area contributed by atoms with Crippen LogP contribution in [-0.2, 0) is 12.4 Å². The second-order valence-electron chi connectivity index (χ2n) is 4.19. The van der Waals surface area contributed by atoms with E-state index in [4.69, 9.17) is 17.0 Å². The summed E-state index contributed by atoms with van der Waals surface area (Å²) in [6.07, 6.45) is 0. The summed E-state index contributed by atoms with van der Waals surface area (Å²) in [4.78, 5) is 2.09. The van der Waals surface area contributed by atoms with E-state index in [-0.39, 0.29) is 12.4 Å². The van der Waals surface area contributed by atoms with Gasteiger partial charge in [-0.2, -0.15) is 0 Å². The molecule has 1 aromatic rings. The smallest absolute Gasteiger partial charge is 0.161 e. The van der Waals surface area contributed by atoms with Gasteiger partial charge in [-0.3, -0.25) is 0 Å². The van der Waals surface area contributed by atoms with Crippen LogP contribution in [-0.4, -0.2) is 39.6 Å². The van der Waals surface area contributed by atoms with E-state index < -0.39 is 0 Å². The van der Waals surface area contributed by atoms with Crippen molar-refractivity contribution < 1.29 is 14.9 Å². The largest absolute Gasteiger partial charge is 0.504 e. The average molecular weight is 315 g/mol. The first kappa shape index (κ1) is 17.1. The number of hydrogen-bond donors (Lipinski definition) is 2. The van der Waals surface area contributed by atoms with Gasteiger partial charge >= 0.3 is 0 Å². The van der Waals surface area contributed by atoms with E-state index in [1.807, 2.05) is 0 Å². The lowest BCUT2D eigenvalue weighted by Gasteiger charge is -2.21. The average Bonchev–Trinajstić information content (AvgIpc) is 2.47. The highest BCUT2D eigenvalue weighted by Gasteiger charge is 2.13. The highest BCUT2D eigenvalue weighted by Crippen LogP contribution is 2.34. The first-order valence-corrected chi connectivity index (χ1v) is 7.88. The van der Waals surface area contributed by atoms with E-state index >= 15 is 0 Å². The Labute approximate surface area is 129 Å². The van der Waals surface area contributed by atoms with Crippen molar-refractivity contribution >= 4 is 28.3 Å². The van der Waals surface area contributed by atoms with Crippen LogP contribution in [0.4, 0.5) is 0 Å². The molecular weight excluding hydrogens is 294 g/mol. The van der Waals surface area contributed by atoms with Crippen molar-refractivity contribution in [3.05, 3.63) is 23.3 Å². The van der Waals surface area contributed by atoms with E-state index in [9.17, 15) is 10.2 Å². The molecule has 0 saturated carbocycles. The Morgan fingerprint density at radius 1 is 1.35 bits per heavy atom. The van der Waals surface area contributed by atoms with Gasteiger partial charge in [-0.25, -0.2) is 0 Å². The van der Waals surface area contributed by atoms with Crippen LogP contribution in [0, 0.1) is 0 Å². The molecule has 0 aromatic heterocycles. The number of aromatic hydroxyl groups is 1. The first-order chi connectivity index (χ1) is 9.57. The quantitative estimate of drug-likeness (QED) is 0.787. The molecule has 0 fully saturated rings. The number of nitrogens with zero attached hydrogens (tertiary/aromatic N) is 1. The molecular formula is C14H21NO3S2. The van der Waals surface area contributed by atoms with Gasteiger partial charge in [-0.1, -0.05) is 24.0 Å². The van der Waals surface area contributed by atoms with Crippen LogP contribution >= 0.6 is 24.0 Å². The zero-order valence-electron chi connectivity index (χ0n) is 12.0. The van der Waals surface area contributed by atoms with Crippen molar-refractivity contribution in [3.63, 3.8) is 0 Å². The molecule has 2 N–H and O–H groups in total. The molecule has 0 aliphatic carbocycles. The Morgan fingerprint density at radius 3 is 2.50 bits per heavy atom. The SMILES string of the molecule is CCN(CC)C(=S)SCc1cc(CO)cc(OC)c1O. The molecule has 0 saturated heterocycles. The van der Waals surface area contributed by atoms with Gasteiger partial charge in [0.05, 0.1) is 13.7 Å². The maximum absolute atomic E-state index is 10.1. The molecule has 0 radical (unpaired) electrons. The topological polar surface area (TPSA) is 52.9 Å². The number of phenolic OH excluding ortho intramolecular Hbond substituents is 1. The van der Waals surface area contributed by atoms with Crippen LogP contribution in [0.25, 0.3) is 0 Å². The molecule has 0 amide bonds. The maximum Gasteiger partial charge on any atom is 0.161 e. The number of hydrogen-bond acceptors (Lipinski definition) is 5. The van der Waals surface area contributed by atoms with Gasteiger partial charge < -0.3 is 19.8 Å². The molecule has 0 aliphatic heterocycles. The third-order valence-corrected chi connectivity index (χ3v) is 4.56. The molecule has 0 bridgehead atoms. The lowest BCUT2D eigenvalue weighted by atomic mass is 10.1. The van der Waals surface area contributed by atoms with Gasteiger partial charge in [0.1, 0.15) is 4.32 Å². The zero-order valence-corrected chi connectivity index (χ0v) is 13.7. The number of ether oxygens (including phenoxy) is 1. The highest BCUT2D eigenvalue weighted by molar-refractivity contribution is 8.22. The molecule has 20 heavy (non-hydrogen) atoms. The van der Waals surface area contributed by atoms with Crippen molar-refractivity contribution in [2.45, 2.75) is 26.2 Å². The Morgan fingerprint density at radius 2 is 2.00 bits per heavy atom. The molecule has 0 atom stereocenters. The van der Waals surface area contributed by atoms with Gasteiger partial charge in [0, 0.05) is 24.4 Å². The fraction of sp³-hybridized carbons (Fsp3) is 0.500. The number of phenols is 1. The normalized spacial score (nSPS) is 10.4. The molecule has 6 heteroatoms. The monoisotopic (exact) mass is 315 g/mol. The minimum absolute atomic E-state index is 0.0885. The molecule has 4 nitrogen and oxygen atoms in total. The minimum Gasteiger partial charge on any atom is -0.504 e. The summed E-state index contributed by atoms with van der Waals surface area (Å²) in [6.45, 7) is 5.77. The summed E-state index contributed by atoms with van der Waals surface area (Å²) in [5.41, 5.74) is 1.43. The van der Waals surface area contributed by atoms with Crippen molar-refractivity contribution in [3.8, 4) is 11.5 Å². The predicted molar refractivity (Wildman–Crippen MR) is 87.4 cm³/mol. The molecule has 112 valence electrons. The number of aliphatic hydroxyl groups excluding tert-OH is 1. The standard InChI is InChI=1S/C14H21NO3S2/c1-4-15(5-2)14(19)20-9-11-6-10(8-16)7-12(18-3)13(11)17/h6-7,16-17H,4-5,8-9H2,1-3H3. The third-order valence-electron chi connectivity index (χ3n) is 2.99. The van der Waals surface area contributed by atoms with Gasteiger partial charge in [-0.05, 0) is 31.5 Å². The Balaban J connectivity index is 2.84. The number of methoxy groups -OCH3 is 1. The summed E-state index contributed by atoms with van der Waals surface area (Å²) in [7, 11) is 1.49. The number of rotatable bonds is 6. The highest BCUT2D eigenvalue weighted by atomic mass is 32.2. The second-order valence-corrected chi connectivity index (χ2v) is 5.80. The minimum atomic E-state index is -0.0885. The van der Waals surface area contributed by atoms with Crippen molar-refractivity contribution in [2.75, 3.05) is 20.2 Å². The molecule has 0 aliphatic rings. The summed E-state index contributed by atoms with van der Waals surface area (Å²) < 4.78 is 5.92. The number of benzene rings is 1. The molecule has 0 unspecified atom stereocenters. The maximum atomic E-state index is 10.1. The van der Waals surface area contributed by atoms with E-state index in [1.165, 1.54) is 18.9 Å². The fourth-order valence-electron chi connectivity index (χ4n) is 1.80. The number of thioether (sulfide) groups is 1. The summed E-state index contributed by atoms with van der Waals surface area (Å²) >= 11 is 6.86. The first-order valence-electron chi connectivity index (χ1n) is 6.48. The van der Waals surface area contributed by atoms with E-state index in [0.717, 1.165) is 17.4 Å². The van der Waals surface area contributed by atoms with Crippen LogP contribution in [0.2, 0.25) is 0 Å². The van der Waals surface area contributed by atoms with Crippen LogP contribution in [0.3, 0.4) is 0 Å². The molecule has 1 rings (SSSR count). The van der Waals surface area contributed by atoms with Crippen LogP contribution in [0.15, 0.2) is 12.1 Å². The number of thiocarbonyl (C=S) groups is 1. The number of aliphatic hydroxyl groups is 1. The lowest BCUT2D eigenvalue weighted by Crippen LogP contribution is -2.26. The van der Waals surface area contributed by atoms with Crippen molar-refractivity contribution in [1.82, 2.24) is 4.90 Å². The Hall–Kier alpha value is -0.980. The van der Waals surface area contributed by atoms with Crippen molar-refractivity contribution in [2.24, 2.45) is 0 Å². The second kappa shape index (κ2) is 8.34. The molecule has 0 spiro atoms. The van der Waals surface area contributed by atoms with Gasteiger partial charge in [0.25, 0.3) is 0 Å². The zero-order chi connectivity index (χ0) is 15.1. The molecule has 0 heterocycles. The molecule has 1 aromatic carbocycles. The van der Waals surface area contributed by atoms with Gasteiger partial charge in [0.15, 0.2) is 11.5 Å². The summed E-state index contributed by atoms with van der Waals surface area (Å²) in [5, 5.41) is 19.3. The summed E-state index contributed by atoms with van der Waals surface area (Å²) in [5.74, 6) is 1.03. The Kier molecular flexibility index (Phi) is 7.12. The van der Waals surface area contributed by atoms with Gasteiger partial charge in [0.2, 0.25) is 0 Å². The lowest BCUT2D eigenvalue weighted by molar-refractivity contribution is 0.280. The van der Waals surface area contributed by atoms with E-state index in [2.05, 4.69) is 18.7 Å². The van der Waals surface area contributed by atoms with Gasteiger partial charge in [-0.15, -0.1) is 0 Å². The van der Waals surface area contributed by atoms with E-state index in [0.29, 0.717) is 22.6 Å². The van der Waals surface area contributed by atoms with Crippen LogP contribution in [0.5, 0.6) is 11.5 Å². The van der Waals surface area contributed by atoms with Crippen LogP contribution < -0.4 is 4.74 Å². The van der Waals surface area contributed by atoms with Crippen LogP contribution in [0.1, 0.15) is 25.0 Å². The third kappa shape index (κ3) is 4.26. The Bertz CT molecular complexity index is 462.